The third kappa shape index (κ3) is 3.07. The van der Waals surface area contributed by atoms with Gasteiger partial charge in [0.05, 0.1) is 11.1 Å². The van der Waals surface area contributed by atoms with Gasteiger partial charge in [0.1, 0.15) is 0 Å². The van der Waals surface area contributed by atoms with Crippen LogP contribution in [0.2, 0.25) is 0 Å². The van der Waals surface area contributed by atoms with E-state index in [4.69, 9.17) is 5.11 Å². The van der Waals surface area contributed by atoms with E-state index < -0.39 is 23.3 Å². The molecule has 1 N–H and O–H groups in total. The van der Waals surface area contributed by atoms with Gasteiger partial charge in [-0.25, -0.2) is 4.79 Å². The highest BCUT2D eigenvalue weighted by molar-refractivity contribution is 5.90. The fourth-order valence-corrected chi connectivity index (χ4v) is 2.07. The molecule has 2 aromatic carbocycles. The molecular formula is C16H13F3O2. The molecule has 0 amide bonds. The minimum absolute atomic E-state index is 0.343. The van der Waals surface area contributed by atoms with E-state index in [2.05, 4.69) is 0 Å². The van der Waals surface area contributed by atoms with Crippen LogP contribution in [-0.4, -0.2) is 11.1 Å². The normalized spacial score (nSPS) is 11.5. The summed E-state index contributed by atoms with van der Waals surface area (Å²) in [5, 5.41) is 8.87. The zero-order valence-corrected chi connectivity index (χ0v) is 11.5. The third-order valence-electron chi connectivity index (χ3n) is 3.40. The Morgan fingerprint density at radius 2 is 1.52 bits per heavy atom. The van der Waals surface area contributed by atoms with Crippen LogP contribution in [-0.2, 0) is 6.18 Å². The molecule has 2 nitrogen and oxygen atoms in total. The van der Waals surface area contributed by atoms with Crippen molar-refractivity contribution < 1.29 is 23.1 Å². The lowest BCUT2D eigenvalue weighted by atomic mass is 9.96. The standard InChI is InChI=1S/C16H13F3O2/c1-9-3-4-11(7-10(9)2)12-5-6-13(15(20)21)14(8-12)16(17,18)19/h3-8H,1-2H3,(H,20,21). The molecule has 0 aromatic heterocycles. The first-order chi connectivity index (χ1) is 9.70. The number of alkyl halides is 3. The van der Waals surface area contributed by atoms with Gasteiger partial charge in [-0.05, 0) is 48.2 Å². The van der Waals surface area contributed by atoms with Crippen molar-refractivity contribution in [3.05, 3.63) is 58.7 Å². The van der Waals surface area contributed by atoms with Crippen LogP contribution in [0.25, 0.3) is 11.1 Å². The first-order valence-corrected chi connectivity index (χ1v) is 6.22. The Labute approximate surface area is 119 Å². The van der Waals surface area contributed by atoms with Crippen LogP contribution in [0.3, 0.4) is 0 Å². The predicted octanol–water partition coefficient (Wildman–Crippen LogP) is 4.69. The number of carboxylic acids is 1. The highest BCUT2D eigenvalue weighted by atomic mass is 19.4. The molecule has 0 aliphatic carbocycles. The Morgan fingerprint density at radius 3 is 2.05 bits per heavy atom. The van der Waals surface area contributed by atoms with Crippen LogP contribution in [0.1, 0.15) is 27.0 Å². The molecule has 2 aromatic rings. The molecule has 0 saturated heterocycles. The van der Waals surface area contributed by atoms with E-state index in [0.29, 0.717) is 11.1 Å². The summed E-state index contributed by atoms with van der Waals surface area (Å²) < 4.78 is 39.0. The summed E-state index contributed by atoms with van der Waals surface area (Å²) in [5.74, 6) is -1.59. The maximum atomic E-state index is 13.0. The molecule has 2 rings (SSSR count). The summed E-state index contributed by atoms with van der Waals surface area (Å²) in [7, 11) is 0. The molecular weight excluding hydrogens is 281 g/mol. The zero-order valence-electron chi connectivity index (χ0n) is 11.5. The van der Waals surface area contributed by atoms with Gasteiger partial charge in [-0.1, -0.05) is 24.3 Å². The molecule has 0 radical (unpaired) electrons. The number of aryl methyl sites for hydroxylation is 2. The lowest BCUT2D eigenvalue weighted by Gasteiger charge is -2.13. The first-order valence-electron chi connectivity index (χ1n) is 6.22. The van der Waals surface area contributed by atoms with Crippen molar-refractivity contribution in [2.24, 2.45) is 0 Å². The van der Waals surface area contributed by atoms with Gasteiger partial charge in [0.25, 0.3) is 0 Å². The Hall–Kier alpha value is -2.30. The molecule has 0 unspecified atom stereocenters. The molecule has 21 heavy (non-hydrogen) atoms. The number of halogens is 3. The predicted molar refractivity (Wildman–Crippen MR) is 73.3 cm³/mol. The largest absolute Gasteiger partial charge is 0.478 e. The number of carbonyl (C=O) groups is 1. The average Bonchev–Trinajstić information content (AvgIpc) is 2.40. The second kappa shape index (κ2) is 5.24. The number of hydrogen-bond acceptors (Lipinski definition) is 1. The second-order valence-electron chi connectivity index (χ2n) is 4.86. The van der Waals surface area contributed by atoms with Crippen LogP contribution in [0.5, 0.6) is 0 Å². The van der Waals surface area contributed by atoms with Gasteiger partial charge in [-0.3, -0.25) is 0 Å². The highest BCUT2D eigenvalue weighted by Gasteiger charge is 2.35. The van der Waals surface area contributed by atoms with Crippen LogP contribution < -0.4 is 0 Å². The number of aromatic carboxylic acids is 1. The van der Waals surface area contributed by atoms with Crippen LogP contribution >= 0.6 is 0 Å². The molecule has 110 valence electrons. The SMILES string of the molecule is Cc1ccc(-c2ccc(C(=O)O)c(C(F)(F)F)c2)cc1C. The fourth-order valence-electron chi connectivity index (χ4n) is 2.07. The zero-order chi connectivity index (χ0) is 15.8. The Balaban J connectivity index is 2.61. The van der Waals surface area contributed by atoms with E-state index >= 15 is 0 Å². The lowest BCUT2D eigenvalue weighted by molar-refractivity contribution is -0.138. The van der Waals surface area contributed by atoms with Crippen molar-refractivity contribution >= 4 is 5.97 Å². The number of hydrogen-bond donors (Lipinski definition) is 1. The molecule has 0 spiro atoms. The minimum Gasteiger partial charge on any atom is -0.478 e. The molecule has 0 aliphatic heterocycles. The Morgan fingerprint density at radius 1 is 0.952 bits per heavy atom. The summed E-state index contributed by atoms with van der Waals surface area (Å²) in [6.07, 6.45) is -4.70. The van der Waals surface area contributed by atoms with E-state index in [1.165, 1.54) is 6.07 Å². The van der Waals surface area contributed by atoms with E-state index in [9.17, 15) is 18.0 Å². The summed E-state index contributed by atoms with van der Waals surface area (Å²) in [6, 6.07) is 8.60. The minimum atomic E-state index is -4.70. The monoisotopic (exact) mass is 294 g/mol. The quantitative estimate of drug-likeness (QED) is 0.872. The number of rotatable bonds is 2. The van der Waals surface area contributed by atoms with Crippen molar-refractivity contribution in [3.63, 3.8) is 0 Å². The fraction of sp³-hybridized carbons (Fsp3) is 0.188. The average molecular weight is 294 g/mol. The number of carboxylic acid groups (broad SMARTS) is 1. The van der Waals surface area contributed by atoms with Crippen LogP contribution in [0.15, 0.2) is 36.4 Å². The van der Waals surface area contributed by atoms with Gasteiger partial charge in [0.15, 0.2) is 0 Å². The number of benzene rings is 2. The molecule has 5 heteroatoms. The van der Waals surface area contributed by atoms with E-state index in [0.717, 1.165) is 23.3 Å². The van der Waals surface area contributed by atoms with Crippen molar-refractivity contribution in [2.75, 3.05) is 0 Å². The maximum absolute atomic E-state index is 13.0. The molecule has 0 bridgehead atoms. The summed E-state index contributed by atoms with van der Waals surface area (Å²) >= 11 is 0. The van der Waals surface area contributed by atoms with E-state index in [1.54, 1.807) is 12.1 Å². The van der Waals surface area contributed by atoms with Gasteiger partial charge >= 0.3 is 12.1 Å². The Bertz CT molecular complexity index is 703. The van der Waals surface area contributed by atoms with Gasteiger partial charge < -0.3 is 5.11 Å². The molecule has 0 aliphatic rings. The maximum Gasteiger partial charge on any atom is 0.417 e. The van der Waals surface area contributed by atoms with Crippen LogP contribution in [0, 0.1) is 13.8 Å². The first kappa shape index (κ1) is 15.1. The molecule has 0 saturated carbocycles. The summed E-state index contributed by atoms with van der Waals surface area (Å²) in [5.41, 5.74) is 1.09. The molecule has 0 atom stereocenters. The van der Waals surface area contributed by atoms with E-state index in [-0.39, 0.29) is 0 Å². The van der Waals surface area contributed by atoms with Gasteiger partial charge in [0, 0.05) is 0 Å². The van der Waals surface area contributed by atoms with Crippen molar-refractivity contribution in [1.82, 2.24) is 0 Å². The highest BCUT2D eigenvalue weighted by Crippen LogP contribution is 2.35. The third-order valence-corrected chi connectivity index (χ3v) is 3.40. The van der Waals surface area contributed by atoms with Crippen molar-refractivity contribution in [1.29, 1.82) is 0 Å². The van der Waals surface area contributed by atoms with Crippen LogP contribution in [0.4, 0.5) is 13.2 Å². The second-order valence-corrected chi connectivity index (χ2v) is 4.86. The van der Waals surface area contributed by atoms with Gasteiger partial charge in [-0.2, -0.15) is 13.2 Å². The van der Waals surface area contributed by atoms with Crippen molar-refractivity contribution in [3.8, 4) is 11.1 Å². The summed E-state index contributed by atoms with van der Waals surface area (Å²) in [6.45, 7) is 3.78. The topological polar surface area (TPSA) is 37.3 Å². The van der Waals surface area contributed by atoms with Gasteiger partial charge in [0.2, 0.25) is 0 Å². The lowest BCUT2D eigenvalue weighted by Crippen LogP contribution is -2.13. The molecule has 0 heterocycles. The summed E-state index contributed by atoms with van der Waals surface area (Å²) in [4.78, 5) is 10.9. The van der Waals surface area contributed by atoms with Crippen molar-refractivity contribution in [2.45, 2.75) is 20.0 Å². The van der Waals surface area contributed by atoms with E-state index in [1.807, 2.05) is 19.9 Å². The Kier molecular flexibility index (Phi) is 3.77. The van der Waals surface area contributed by atoms with Gasteiger partial charge in [-0.15, -0.1) is 0 Å². The smallest absolute Gasteiger partial charge is 0.417 e. The molecule has 0 fully saturated rings.